The van der Waals surface area contributed by atoms with Gasteiger partial charge in [0.1, 0.15) is 0 Å². The highest BCUT2D eigenvalue weighted by Crippen LogP contribution is 2.52. The summed E-state index contributed by atoms with van der Waals surface area (Å²) >= 11 is 0. The average Bonchev–Trinajstić information content (AvgIpc) is 3.33. The van der Waals surface area contributed by atoms with Crippen LogP contribution in [-0.2, 0) is 11.8 Å². The maximum Gasteiger partial charge on any atom is 0.00409 e. The molecule has 2 aliphatic carbocycles. The van der Waals surface area contributed by atoms with E-state index < -0.39 is 0 Å². The molecule has 0 saturated heterocycles. The summed E-state index contributed by atoms with van der Waals surface area (Å²) < 4.78 is 0. The molecule has 0 N–H and O–H groups in total. The maximum absolute atomic E-state index is 4.61. The predicted molar refractivity (Wildman–Crippen MR) is 221 cm³/mol. The fourth-order valence-electron chi connectivity index (χ4n) is 8.82. The smallest absolute Gasteiger partial charge is 0.00409 e. The van der Waals surface area contributed by atoms with Gasteiger partial charge in [-0.15, -0.1) is 0 Å². The minimum Gasteiger partial charge on any atom is -0.0998 e. The lowest BCUT2D eigenvalue weighted by molar-refractivity contribution is 0.315. The molecule has 2 bridgehead atoms. The van der Waals surface area contributed by atoms with E-state index in [1.54, 1.807) is 5.57 Å². The van der Waals surface area contributed by atoms with Crippen molar-refractivity contribution < 1.29 is 0 Å². The molecular weight excluding hydrogens is 613 g/mol. The molecule has 2 atom stereocenters. The van der Waals surface area contributed by atoms with Crippen molar-refractivity contribution >= 4 is 11.6 Å². The Morgan fingerprint density at radius 1 is 0.725 bits per heavy atom. The molecular formula is C51H54. The van der Waals surface area contributed by atoms with Gasteiger partial charge in [-0.05, 0) is 134 Å². The number of hydrogen-bond acceptors (Lipinski definition) is 0. The number of aryl methyl sites for hydroxylation is 1. The maximum atomic E-state index is 4.61. The third-order valence-corrected chi connectivity index (χ3v) is 11.7. The van der Waals surface area contributed by atoms with Gasteiger partial charge in [-0.25, -0.2) is 0 Å². The molecule has 7 rings (SSSR count). The lowest BCUT2D eigenvalue weighted by Gasteiger charge is -2.38. The lowest BCUT2D eigenvalue weighted by atomic mass is 9.66. The third kappa shape index (κ3) is 6.74. The topological polar surface area (TPSA) is 0 Å². The first-order chi connectivity index (χ1) is 24.5. The van der Waals surface area contributed by atoms with Gasteiger partial charge < -0.3 is 0 Å². The molecule has 5 aromatic rings. The van der Waals surface area contributed by atoms with Gasteiger partial charge in [-0.3, -0.25) is 0 Å². The van der Waals surface area contributed by atoms with Crippen molar-refractivity contribution in [1.82, 2.24) is 0 Å². The first kappa shape index (κ1) is 34.8. The first-order valence-corrected chi connectivity index (χ1v) is 19.1. The number of benzene rings is 5. The Morgan fingerprint density at radius 2 is 1.33 bits per heavy atom. The lowest BCUT2D eigenvalue weighted by Crippen LogP contribution is -2.29. The highest BCUT2D eigenvalue weighted by Gasteiger charge is 2.41. The zero-order valence-electron chi connectivity index (χ0n) is 31.9. The normalized spacial score (nSPS) is 18.1. The molecule has 0 heteroatoms. The predicted octanol–water partition coefficient (Wildman–Crippen LogP) is 12.5. The summed E-state index contributed by atoms with van der Waals surface area (Å²) in [5.41, 5.74) is 17.6. The minimum atomic E-state index is 0.0416. The Morgan fingerprint density at radius 3 is 1.96 bits per heavy atom. The molecule has 0 nitrogen and oxygen atoms in total. The van der Waals surface area contributed by atoms with Crippen molar-refractivity contribution in [3.05, 3.63) is 166 Å². The largest absolute Gasteiger partial charge is 0.0998 e. The Kier molecular flexibility index (Phi) is 9.40. The fourth-order valence-corrected chi connectivity index (χ4v) is 8.82. The molecule has 0 aliphatic heterocycles. The van der Waals surface area contributed by atoms with Crippen LogP contribution in [0.3, 0.4) is 0 Å². The van der Waals surface area contributed by atoms with Gasteiger partial charge in [-0.1, -0.05) is 168 Å². The van der Waals surface area contributed by atoms with Crippen LogP contribution in [0.15, 0.2) is 133 Å². The van der Waals surface area contributed by atoms with E-state index in [0.717, 1.165) is 32.1 Å². The van der Waals surface area contributed by atoms with Crippen LogP contribution < -0.4 is 10.4 Å². The second-order valence-corrected chi connectivity index (χ2v) is 16.4. The van der Waals surface area contributed by atoms with Crippen LogP contribution in [0.5, 0.6) is 0 Å². The van der Waals surface area contributed by atoms with E-state index in [9.17, 15) is 0 Å². The summed E-state index contributed by atoms with van der Waals surface area (Å²) in [5.74, 6) is 0.298. The standard InChI is InChI=1S/C51H54/c1-9-13-35(4)32-51(10-2)33-41-21-20-40(31-47(41)49-36(5)48(51)27-24-39-14-11-12-15-46(39)49)44-29-42(37-18-16-34(3)17-19-37)28-43(30-44)38-22-25-45(26-23-38)50(6,7)8/h11-12,14-31,36H,4,9-10,13,32-33H2,1-3,5-8H3/t36-,51+/m1/s1. The minimum absolute atomic E-state index is 0.0416. The van der Waals surface area contributed by atoms with E-state index in [4.69, 9.17) is 0 Å². The van der Waals surface area contributed by atoms with Crippen LogP contribution in [0.25, 0.3) is 45.0 Å². The molecule has 5 aromatic carbocycles. The van der Waals surface area contributed by atoms with Crippen LogP contribution in [0.2, 0.25) is 0 Å². The van der Waals surface area contributed by atoms with E-state index in [2.05, 4.69) is 176 Å². The Labute approximate surface area is 307 Å². The van der Waals surface area contributed by atoms with Crippen molar-refractivity contribution in [3.63, 3.8) is 0 Å². The summed E-state index contributed by atoms with van der Waals surface area (Å²) in [7, 11) is 0. The number of rotatable bonds is 8. The van der Waals surface area contributed by atoms with Gasteiger partial charge in [0.25, 0.3) is 0 Å². The first-order valence-electron chi connectivity index (χ1n) is 19.1. The molecule has 0 amide bonds. The molecule has 0 aromatic heterocycles. The zero-order chi connectivity index (χ0) is 35.9. The van der Waals surface area contributed by atoms with Gasteiger partial charge in [0.2, 0.25) is 0 Å². The fraction of sp³-hybridized carbons (Fsp3) is 0.294. The molecule has 0 radical (unpaired) electrons. The van der Waals surface area contributed by atoms with Crippen LogP contribution in [0.4, 0.5) is 0 Å². The quantitative estimate of drug-likeness (QED) is 0.145. The number of fused-ring (bicyclic) bond motifs is 5. The molecule has 0 fully saturated rings. The van der Waals surface area contributed by atoms with Crippen molar-refractivity contribution in [2.24, 2.45) is 11.3 Å². The highest BCUT2D eigenvalue weighted by atomic mass is 14.4. The summed E-state index contributed by atoms with van der Waals surface area (Å²) in [5, 5.41) is 2.68. The van der Waals surface area contributed by atoms with Crippen LogP contribution in [0, 0.1) is 18.3 Å². The Balaban J connectivity index is 1.44. The Hall–Kier alpha value is -4.68. The van der Waals surface area contributed by atoms with Crippen LogP contribution in [0.1, 0.15) is 89.5 Å². The van der Waals surface area contributed by atoms with E-state index in [0.29, 0.717) is 5.92 Å². The Bertz CT molecular complexity index is 2250. The molecule has 258 valence electrons. The number of hydrogen-bond donors (Lipinski definition) is 0. The zero-order valence-corrected chi connectivity index (χ0v) is 31.9. The van der Waals surface area contributed by atoms with Crippen molar-refractivity contribution in [1.29, 1.82) is 0 Å². The van der Waals surface area contributed by atoms with Gasteiger partial charge in [0.15, 0.2) is 0 Å². The summed E-state index contributed by atoms with van der Waals surface area (Å²) in [6, 6.07) is 41.7. The van der Waals surface area contributed by atoms with Crippen LogP contribution >= 0.6 is 0 Å². The van der Waals surface area contributed by atoms with Crippen molar-refractivity contribution in [2.45, 2.75) is 86.0 Å². The van der Waals surface area contributed by atoms with Gasteiger partial charge >= 0.3 is 0 Å². The van der Waals surface area contributed by atoms with Gasteiger partial charge in [0.05, 0.1) is 0 Å². The molecule has 0 heterocycles. The summed E-state index contributed by atoms with van der Waals surface area (Å²) in [6.45, 7) is 20.8. The van der Waals surface area contributed by atoms with E-state index >= 15 is 0 Å². The van der Waals surface area contributed by atoms with E-state index in [1.807, 2.05) is 0 Å². The second-order valence-electron chi connectivity index (χ2n) is 16.4. The van der Waals surface area contributed by atoms with Crippen LogP contribution in [-0.4, -0.2) is 0 Å². The second kappa shape index (κ2) is 13.8. The van der Waals surface area contributed by atoms with Crippen molar-refractivity contribution in [3.8, 4) is 33.4 Å². The van der Waals surface area contributed by atoms with Gasteiger partial charge in [-0.2, -0.15) is 0 Å². The third-order valence-electron chi connectivity index (χ3n) is 11.7. The average molecular weight is 667 g/mol. The van der Waals surface area contributed by atoms with E-state index in [1.165, 1.54) is 77.2 Å². The summed E-state index contributed by atoms with van der Waals surface area (Å²) in [6.07, 6.45) is 10.3. The SMILES string of the molecule is C=C(CCC)C[C@@]1(CC)Cc2ccc(-c3cc(-c4ccc(C)cc4)cc(-c4ccc(C(C)(C)C)cc4)c3)cc2C2=c3ccccc3=CC=C1[C@H]2C. The van der Waals surface area contributed by atoms with Crippen molar-refractivity contribution in [2.75, 3.05) is 0 Å². The molecule has 51 heavy (non-hydrogen) atoms. The van der Waals surface area contributed by atoms with Gasteiger partial charge in [0, 0.05) is 5.92 Å². The molecule has 2 aliphatic rings. The van der Waals surface area contributed by atoms with E-state index in [-0.39, 0.29) is 10.8 Å². The monoisotopic (exact) mass is 666 g/mol. The number of allylic oxidation sites excluding steroid dienone is 3. The highest BCUT2D eigenvalue weighted by molar-refractivity contribution is 5.84. The molecule has 0 saturated carbocycles. The molecule has 0 unspecified atom stereocenters. The summed E-state index contributed by atoms with van der Waals surface area (Å²) in [4.78, 5) is 0. The molecule has 0 spiro atoms.